The van der Waals surface area contributed by atoms with Crippen molar-refractivity contribution in [1.82, 2.24) is 4.90 Å². The summed E-state index contributed by atoms with van der Waals surface area (Å²) in [5, 5.41) is 2.65. The van der Waals surface area contributed by atoms with Crippen LogP contribution in [-0.2, 0) is 6.18 Å². The number of carbonyl (C=O) groups excluding carboxylic acids is 1. The van der Waals surface area contributed by atoms with Gasteiger partial charge in [0.1, 0.15) is 0 Å². The van der Waals surface area contributed by atoms with E-state index in [1.54, 1.807) is 0 Å². The smallest absolute Gasteiger partial charge is 0.399 e. The second-order valence-electron chi connectivity index (χ2n) is 6.65. The first-order valence-corrected chi connectivity index (χ1v) is 9.02. The summed E-state index contributed by atoms with van der Waals surface area (Å²) < 4.78 is 39.3. The molecule has 1 aliphatic rings. The van der Waals surface area contributed by atoms with Crippen molar-refractivity contribution in [3.63, 3.8) is 0 Å². The molecular weight excluding hydrogens is 391 g/mol. The zero-order valence-electron chi connectivity index (χ0n) is 15.1. The molecule has 0 fully saturated rings. The normalized spacial score (nSPS) is 17.6. The summed E-state index contributed by atoms with van der Waals surface area (Å²) in [7, 11) is 0. The third kappa shape index (κ3) is 4.09. The van der Waals surface area contributed by atoms with Crippen LogP contribution in [0.25, 0.3) is 0 Å². The van der Waals surface area contributed by atoms with E-state index < -0.39 is 22.7 Å². The molecule has 28 heavy (non-hydrogen) atoms. The number of para-hydroxylation sites is 1. The number of nitrogens with one attached hydrogen (secondary N) is 1. The Morgan fingerprint density at radius 1 is 1.18 bits per heavy atom. The van der Waals surface area contributed by atoms with E-state index in [9.17, 15) is 18.0 Å². The number of alkyl halides is 3. The van der Waals surface area contributed by atoms with Crippen molar-refractivity contribution in [3.05, 3.63) is 76.1 Å². The Labute approximate surface area is 165 Å². The molecule has 2 aromatic rings. The lowest BCUT2D eigenvalue weighted by molar-refractivity contribution is -0.137. The number of rotatable bonds is 3. The predicted molar refractivity (Wildman–Crippen MR) is 103 cm³/mol. The fourth-order valence-corrected chi connectivity index (χ4v) is 3.46. The molecule has 1 amide bonds. The van der Waals surface area contributed by atoms with Gasteiger partial charge in [-0.2, -0.15) is 13.2 Å². The summed E-state index contributed by atoms with van der Waals surface area (Å²) in [5.74, 6) is -0.578. The number of halogens is 4. The molecule has 1 aliphatic heterocycles. The molecule has 8 heteroatoms. The molecule has 0 radical (unpaired) electrons. The molecule has 0 saturated heterocycles. The molecule has 0 saturated carbocycles. The average molecular weight is 410 g/mol. The highest BCUT2D eigenvalue weighted by Gasteiger charge is 2.36. The highest BCUT2D eigenvalue weighted by atomic mass is 35.5. The van der Waals surface area contributed by atoms with E-state index >= 15 is 0 Å². The molecule has 2 aromatic carbocycles. The Morgan fingerprint density at radius 2 is 1.86 bits per heavy atom. The van der Waals surface area contributed by atoms with Crippen LogP contribution in [0.5, 0.6) is 0 Å². The van der Waals surface area contributed by atoms with Gasteiger partial charge in [0, 0.05) is 29.5 Å². The van der Waals surface area contributed by atoms with E-state index in [1.807, 2.05) is 37.3 Å². The van der Waals surface area contributed by atoms with Gasteiger partial charge in [-0.1, -0.05) is 35.9 Å². The van der Waals surface area contributed by atoms with Crippen molar-refractivity contribution in [2.24, 2.45) is 5.73 Å². The molecule has 0 aromatic heterocycles. The lowest BCUT2D eigenvalue weighted by Crippen LogP contribution is -2.45. The van der Waals surface area contributed by atoms with Gasteiger partial charge < -0.3 is 16.0 Å². The van der Waals surface area contributed by atoms with E-state index in [1.165, 1.54) is 17.0 Å². The van der Waals surface area contributed by atoms with Crippen LogP contribution in [0.2, 0.25) is 5.02 Å². The number of carbonyl (C=O) groups is 1. The van der Waals surface area contributed by atoms with Crippen molar-refractivity contribution in [1.29, 1.82) is 0 Å². The van der Waals surface area contributed by atoms with Crippen LogP contribution in [-0.4, -0.2) is 23.4 Å². The Kier molecular flexibility index (Phi) is 5.56. The molecule has 0 bridgehead atoms. The van der Waals surface area contributed by atoms with Crippen molar-refractivity contribution in [2.75, 3.05) is 11.9 Å². The minimum Gasteiger partial charge on any atom is -0.399 e. The Hall–Kier alpha value is -2.67. The maximum absolute atomic E-state index is 13.1. The van der Waals surface area contributed by atoms with Gasteiger partial charge in [0.05, 0.1) is 22.7 Å². The van der Waals surface area contributed by atoms with Crippen molar-refractivity contribution < 1.29 is 18.0 Å². The zero-order chi connectivity index (χ0) is 20.5. The minimum absolute atomic E-state index is 0.0989. The van der Waals surface area contributed by atoms with Crippen molar-refractivity contribution in [3.8, 4) is 0 Å². The summed E-state index contributed by atoms with van der Waals surface area (Å²) in [6.07, 6.45) is -4.18. The van der Waals surface area contributed by atoms with E-state index in [2.05, 4.69) is 5.32 Å². The van der Waals surface area contributed by atoms with E-state index in [0.717, 1.165) is 17.5 Å². The first kappa shape index (κ1) is 20.1. The molecule has 3 N–H and O–H groups in total. The highest BCUT2D eigenvalue weighted by Crippen LogP contribution is 2.37. The van der Waals surface area contributed by atoms with Gasteiger partial charge in [0.25, 0.3) is 5.91 Å². The molecule has 1 unspecified atom stereocenters. The summed E-state index contributed by atoms with van der Waals surface area (Å²) >= 11 is 5.90. The van der Waals surface area contributed by atoms with Gasteiger partial charge in [0.2, 0.25) is 0 Å². The Bertz CT molecular complexity index is 913. The van der Waals surface area contributed by atoms with Crippen LogP contribution < -0.4 is 11.1 Å². The van der Waals surface area contributed by atoms with Gasteiger partial charge in [-0.15, -0.1) is 0 Å². The molecule has 148 valence electrons. The Morgan fingerprint density at radius 3 is 2.50 bits per heavy atom. The first-order chi connectivity index (χ1) is 13.2. The van der Waals surface area contributed by atoms with Crippen LogP contribution in [0.15, 0.2) is 59.9 Å². The monoisotopic (exact) mass is 409 g/mol. The lowest BCUT2D eigenvalue weighted by Gasteiger charge is -2.36. The number of nitrogens with zero attached hydrogens (tertiary/aromatic N) is 1. The fourth-order valence-electron chi connectivity index (χ4n) is 3.14. The maximum Gasteiger partial charge on any atom is 0.417 e. The molecule has 0 spiro atoms. The number of hydrogen-bond donors (Lipinski definition) is 2. The second-order valence-corrected chi connectivity index (χ2v) is 7.02. The minimum atomic E-state index is -4.63. The van der Waals surface area contributed by atoms with Gasteiger partial charge in [-0.3, -0.25) is 4.79 Å². The summed E-state index contributed by atoms with van der Waals surface area (Å²) in [6, 6.07) is 12.5. The highest BCUT2D eigenvalue weighted by molar-refractivity contribution is 6.34. The van der Waals surface area contributed by atoms with Gasteiger partial charge >= 0.3 is 6.18 Å². The molecule has 1 atom stereocenters. The summed E-state index contributed by atoms with van der Waals surface area (Å²) in [4.78, 5) is 14.3. The van der Waals surface area contributed by atoms with Crippen LogP contribution in [0.3, 0.4) is 0 Å². The Balaban J connectivity index is 1.85. The van der Waals surface area contributed by atoms with E-state index in [4.69, 9.17) is 17.3 Å². The first-order valence-electron chi connectivity index (χ1n) is 8.64. The molecular formula is C20H19ClF3N3O. The molecule has 3 rings (SSSR count). The van der Waals surface area contributed by atoms with Crippen LogP contribution in [0.1, 0.15) is 29.3 Å². The van der Waals surface area contributed by atoms with Crippen molar-refractivity contribution in [2.45, 2.75) is 25.6 Å². The average Bonchev–Trinajstić information content (AvgIpc) is 2.64. The number of amides is 1. The standard InChI is InChI=1S/C20H19ClF3N3O/c1-12-10-17(26-13-6-3-2-4-7-13)16(25)11-27(12)19(28)14-8-5-9-15(18(14)21)20(22,23)24/h2-9,12,26H,10-11,25H2,1H3. The van der Waals surface area contributed by atoms with E-state index in [-0.39, 0.29) is 18.2 Å². The molecule has 1 heterocycles. The summed E-state index contributed by atoms with van der Waals surface area (Å²) in [6.45, 7) is 1.92. The SMILES string of the molecule is CC1CC(Nc2ccccc2)=C(N)CN1C(=O)c1cccc(C(F)(F)F)c1Cl. The topological polar surface area (TPSA) is 58.4 Å². The maximum atomic E-state index is 13.1. The van der Waals surface area contributed by atoms with Gasteiger partial charge in [-0.05, 0) is 31.2 Å². The summed E-state index contributed by atoms with van der Waals surface area (Å²) in [5.41, 5.74) is 7.05. The third-order valence-corrected chi connectivity index (χ3v) is 5.03. The third-order valence-electron chi connectivity index (χ3n) is 4.62. The number of nitrogens with two attached hydrogens (primary N) is 1. The van der Waals surface area contributed by atoms with Crippen molar-refractivity contribution >= 4 is 23.2 Å². The molecule has 4 nitrogen and oxygen atoms in total. The number of anilines is 1. The lowest BCUT2D eigenvalue weighted by atomic mass is 10.0. The van der Waals surface area contributed by atoms with Crippen LogP contribution >= 0.6 is 11.6 Å². The van der Waals surface area contributed by atoms with Crippen LogP contribution in [0.4, 0.5) is 18.9 Å². The van der Waals surface area contributed by atoms with Gasteiger partial charge in [0.15, 0.2) is 0 Å². The van der Waals surface area contributed by atoms with Gasteiger partial charge in [-0.25, -0.2) is 0 Å². The fraction of sp³-hybridized carbons (Fsp3) is 0.250. The predicted octanol–water partition coefficient (Wildman–Crippen LogP) is 4.88. The zero-order valence-corrected chi connectivity index (χ0v) is 15.8. The largest absolute Gasteiger partial charge is 0.417 e. The molecule has 0 aliphatic carbocycles. The van der Waals surface area contributed by atoms with Crippen LogP contribution in [0, 0.1) is 0 Å². The number of benzene rings is 2. The van der Waals surface area contributed by atoms with E-state index in [0.29, 0.717) is 12.1 Å². The quantitative estimate of drug-likeness (QED) is 0.760. The second kappa shape index (κ2) is 7.75. The number of hydrogen-bond acceptors (Lipinski definition) is 3.